The molecule has 0 saturated heterocycles. The zero-order chi connectivity index (χ0) is 11.3. The molecule has 0 spiro atoms. The van der Waals surface area contributed by atoms with Crippen molar-refractivity contribution in [2.45, 2.75) is 39.3 Å². The third kappa shape index (κ3) is 3.74. The van der Waals surface area contributed by atoms with Gasteiger partial charge in [-0.2, -0.15) is 0 Å². The lowest BCUT2D eigenvalue weighted by Gasteiger charge is -2.19. The minimum absolute atomic E-state index is 0.0420. The zero-order valence-corrected chi connectivity index (χ0v) is 8.91. The van der Waals surface area contributed by atoms with Crippen LogP contribution in [0.4, 0.5) is 0 Å². The highest BCUT2D eigenvalue weighted by Gasteiger charge is 2.22. The van der Waals surface area contributed by atoms with Gasteiger partial charge >= 0.3 is 0 Å². The monoisotopic (exact) mass is 201 g/mol. The maximum absolute atomic E-state index is 11.4. The maximum Gasteiger partial charge on any atom is 0.239 e. The molecule has 0 aromatic rings. The summed E-state index contributed by atoms with van der Waals surface area (Å²) in [5, 5.41) is 2.51. The molecule has 5 nitrogen and oxygen atoms in total. The molecule has 14 heavy (non-hydrogen) atoms. The van der Waals surface area contributed by atoms with Crippen LogP contribution in [-0.4, -0.2) is 23.9 Å². The second-order valence-corrected chi connectivity index (χ2v) is 3.64. The highest BCUT2D eigenvalue weighted by atomic mass is 16.2. The SMILES string of the molecule is CCC(NC(=O)C(N)C(C)C)C(N)=O. The molecule has 0 bridgehead atoms. The molecule has 0 radical (unpaired) electrons. The number of primary amides is 1. The Morgan fingerprint density at radius 2 is 1.86 bits per heavy atom. The van der Waals surface area contributed by atoms with Crippen molar-refractivity contribution in [3.63, 3.8) is 0 Å². The Morgan fingerprint density at radius 3 is 2.14 bits per heavy atom. The first-order valence-corrected chi connectivity index (χ1v) is 4.75. The molecule has 0 fully saturated rings. The second-order valence-electron chi connectivity index (χ2n) is 3.64. The second kappa shape index (κ2) is 5.59. The van der Waals surface area contributed by atoms with Gasteiger partial charge in [0.2, 0.25) is 11.8 Å². The summed E-state index contributed by atoms with van der Waals surface area (Å²) >= 11 is 0. The van der Waals surface area contributed by atoms with Crippen LogP contribution in [0.5, 0.6) is 0 Å². The summed E-state index contributed by atoms with van der Waals surface area (Å²) in [7, 11) is 0. The van der Waals surface area contributed by atoms with E-state index in [9.17, 15) is 9.59 Å². The molecule has 5 N–H and O–H groups in total. The van der Waals surface area contributed by atoms with E-state index in [4.69, 9.17) is 11.5 Å². The van der Waals surface area contributed by atoms with Gasteiger partial charge in [0.1, 0.15) is 6.04 Å². The number of hydrogen-bond acceptors (Lipinski definition) is 3. The number of amides is 2. The average molecular weight is 201 g/mol. The molecule has 2 atom stereocenters. The van der Waals surface area contributed by atoms with Crippen molar-refractivity contribution >= 4 is 11.8 Å². The summed E-state index contributed by atoms with van der Waals surface area (Å²) in [6, 6.07) is -1.21. The normalized spacial score (nSPS) is 14.9. The summed E-state index contributed by atoms with van der Waals surface area (Å²) in [6.07, 6.45) is 0.478. The molecule has 82 valence electrons. The van der Waals surface area contributed by atoms with Crippen LogP contribution in [0.1, 0.15) is 27.2 Å². The van der Waals surface area contributed by atoms with Gasteiger partial charge in [0.25, 0.3) is 0 Å². The van der Waals surface area contributed by atoms with Gasteiger partial charge in [-0.1, -0.05) is 20.8 Å². The minimum atomic E-state index is -0.618. The lowest BCUT2D eigenvalue weighted by molar-refractivity contribution is -0.128. The number of rotatable bonds is 5. The van der Waals surface area contributed by atoms with Crippen LogP contribution in [0.2, 0.25) is 0 Å². The molecule has 5 heteroatoms. The van der Waals surface area contributed by atoms with E-state index in [1.807, 2.05) is 13.8 Å². The maximum atomic E-state index is 11.4. The lowest BCUT2D eigenvalue weighted by atomic mass is 10.0. The third-order valence-corrected chi connectivity index (χ3v) is 2.09. The molecular weight excluding hydrogens is 182 g/mol. The van der Waals surface area contributed by atoms with Gasteiger partial charge < -0.3 is 16.8 Å². The Morgan fingerprint density at radius 1 is 1.36 bits per heavy atom. The van der Waals surface area contributed by atoms with Crippen molar-refractivity contribution in [3.05, 3.63) is 0 Å². The summed E-state index contributed by atoms with van der Waals surface area (Å²) in [6.45, 7) is 5.46. The number of nitrogens with one attached hydrogen (secondary N) is 1. The first-order valence-electron chi connectivity index (χ1n) is 4.75. The fourth-order valence-electron chi connectivity index (χ4n) is 0.945. The molecule has 0 aromatic heterocycles. The van der Waals surface area contributed by atoms with Crippen LogP contribution in [0, 0.1) is 5.92 Å². The van der Waals surface area contributed by atoms with Crippen LogP contribution in [0.15, 0.2) is 0 Å². The van der Waals surface area contributed by atoms with Crippen molar-refractivity contribution in [3.8, 4) is 0 Å². The fourth-order valence-corrected chi connectivity index (χ4v) is 0.945. The summed E-state index contributed by atoms with van der Waals surface area (Å²) in [4.78, 5) is 22.2. The van der Waals surface area contributed by atoms with Crippen molar-refractivity contribution in [1.82, 2.24) is 5.32 Å². The van der Waals surface area contributed by atoms with Gasteiger partial charge in [-0.25, -0.2) is 0 Å². The van der Waals surface area contributed by atoms with Crippen molar-refractivity contribution in [2.75, 3.05) is 0 Å². The van der Waals surface area contributed by atoms with E-state index >= 15 is 0 Å². The number of hydrogen-bond donors (Lipinski definition) is 3. The van der Waals surface area contributed by atoms with Crippen LogP contribution in [-0.2, 0) is 9.59 Å². The van der Waals surface area contributed by atoms with Gasteiger partial charge in [-0.15, -0.1) is 0 Å². The minimum Gasteiger partial charge on any atom is -0.368 e. The highest BCUT2D eigenvalue weighted by molar-refractivity contribution is 5.88. The Hall–Kier alpha value is -1.10. The van der Waals surface area contributed by atoms with Gasteiger partial charge in [-0.3, -0.25) is 9.59 Å². The number of carbonyl (C=O) groups is 2. The Labute approximate surface area is 84.2 Å². The Balaban J connectivity index is 4.22. The van der Waals surface area contributed by atoms with Crippen LogP contribution < -0.4 is 16.8 Å². The number of carbonyl (C=O) groups excluding carboxylic acids is 2. The molecule has 0 heterocycles. The Bertz CT molecular complexity index is 216. The van der Waals surface area contributed by atoms with Crippen LogP contribution >= 0.6 is 0 Å². The summed E-state index contributed by atoms with van der Waals surface area (Å²) in [5.74, 6) is -0.817. The van der Waals surface area contributed by atoms with Gasteiger partial charge in [0.15, 0.2) is 0 Å². The van der Waals surface area contributed by atoms with Crippen LogP contribution in [0.25, 0.3) is 0 Å². The predicted octanol–water partition coefficient (Wildman–Crippen LogP) is -0.650. The molecular formula is C9H19N3O2. The largest absolute Gasteiger partial charge is 0.368 e. The molecule has 2 amide bonds. The molecule has 0 rings (SSSR count). The quantitative estimate of drug-likeness (QED) is 0.551. The van der Waals surface area contributed by atoms with Gasteiger partial charge in [0.05, 0.1) is 6.04 Å². The van der Waals surface area contributed by atoms with E-state index in [0.717, 1.165) is 0 Å². The van der Waals surface area contributed by atoms with E-state index in [2.05, 4.69) is 5.32 Å². The predicted molar refractivity (Wildman–Crippen MR) is 54.2 cm³/mol. The Kier molecular flexibility index (Phi) is 5.15. The molecule has 0 aliphatic heterocycles. The van der Waals surface area contributed by atoms with E-state index in [1.54, 1.807) is 6.92 Å². The molecule has 0 aliphatic rings. The smallest absolute Gasteiger partial charge is 0.239 e. The van der Waals surface area contributed by atoms with E-state index in [0.29, 0.717) is 6.42 Å². The zero-order valence-electron chi connectivity index (χ0n) is 8.91. The van der Waals surface area contributed by atoms with Crippen molar-refractivity contribution in [1.29, 1.82) is 0 Å². The fraction of sp³-hybridized carbons (Fsp3) is 0.778. The molecule has 0 aliphatic carbocycles. The first-order chi connectivity index (χ1) is 6.40. The van der Waals surface area contributed by atoms with E-state index in [1.165, 1.54) is 0 Å². The van der Waals surface area contributed by atoms with Crippen molar-refractivity contribution < 1.29 is 9.59 Å². The van der Waals surface area contributed by atoms with E-state index < -0.39 is 18.0 Å². The summed E-state index contributed by atoms with van der Waals surface area (Å²) in [5.41, 5.74) is 10.7. The topological polar surface area (TPSA) is 98.2 Å². The molecule has 2 unspecified atom stereocenters. The standard InChI is InChI=1S/C9H19N3O2/c1-4-6(8(11)13)12-9(14)7(10)5(2)3/h5-7H,4,10H2,1-3H3,(H2,11,13)(H,12,14). The first kappa shape index (κ1) is 12.9. The third-order valence-electron chi connectivity index (χ3n) is 2.09. The number of nitrogens with two attached hydrogens (primary N) is 2. The summed E-state index contributed by atoms with van der Waals surface area (Å²) < 4.78 is 0. The lowest BCUT2D eigenvalue weighted by Crippen LogP contribution is -2.51. The average Bonchev–Trinajstić information content (AvgIpc) is 2.11. The van der Waals surface area contributed by atoms with Crippen LogP contribution in [0.3, 0.4) is 0 Å². The van der Waals surface area contributed by atoms with Crippen molar-refractivity contribution in [2.24, 2.45) is 17.4 Å². The highest BCUT2D eigenvalue weighted by Crippen LogP contribution is 1.99. The molecule has 0 aromatic carbocycles. The molecule has 0 saturated carbocycles. The van der Waals surface area contributed by atoms with Gasteiger partial charge in [0, 0.05) is 0 Å². The van der Waals surface area contributed by atoms with E-state index in [-0.39, 0.29) is 11.8 Å². The van der Waals surface area contributed by atoms with Gasteiger partial charge in [-0.05, 0) is 12.3 Å².